The van der Waals surface area contributed by atoms with Crippen LogP contribution in [0.25, 0.3) is 0 Å². The summed E-state index contributed by atoms with van der Waals surface area (Å²) in [5, 5.41) is 14.4. The Balaban J connectivity index is 5.10. The summed E-state index contributed by atoms with van der Waals surface area (Å²) in [4.78, 5) is 61.0. The molecule has 0 aliphatic heterocycles. The lowest BCUT2D eigenvalue weighted by Gasteiger charge is -2.22. The highest BCUT2D eigenvalue weighted by Crippen LogP contribution is 2.16. The Morgan fingerprint density at radius 2 is 1.44 bits per heavy atom. The van der Waals surface area contributed by atoms with Crippen LogP contribution in [0, 0.1) is 24.2 Å². The van der Waals surface area contributed by atoms with E-state index in [1.54, 1.807) is 0 Å². The first-order chi connectivity index (χ1) is 16.1. The number of amides is 2. The quantitative estimate of drug-likeness (QED) is 0.131. The summed E-state index contributed by atoms with van der Waals surface area (Å²) in [5.41, 5.74) is 10.9. The molecule has 4 atom stereocenters. The van der Waals surface area contributed by atoms with E-state index in [1.165, 1.54) is 13.8 Å². The number of carbonyl (C=O) groups is 5. The average molecular weight is 481 g/mol. The topological polar surface area (TPSA) is 182 Å². The first-order valence-electron chi connectivity index (χ1n) is 11.8. The lowest BCUT2D eigenvalue weighted by molar-refractivity contribution is -0.142. The molecule has 34 heavy (non-hydrogen) atoms. The van der Waals surface area contributed by atoms with Crippen molar-refractivity contribution in [3.05, 3.63) is 0 Å². The number of carboxylic acid groups (broad SMARTS) is 1. The fraction of sp³-hybridized carbons (Fsp3) is 0.708. The molecule has 7 N–H and O–H groups in total. The number of ketones is 2. The number of hydrogen-bond donors (Lipinski definition) is 5. The largest absolute Gasteiger partial charge is 0.480 e. The molecule has 0 radical (unpaired) electrons. The Labute approximate surface area is 202 Å². The van der Waals surface area contributed by atoms with Crippen LogP contribution in [-0.2, 0) is 24.0 Å². The second-order valence-corrected chi connectivity index (χ2v) is 8.61. The second kappa shape index (κ2) is 17.7. The number of unbranched alkanes of at least 4 members (excludes halogenated alkanes) is 2. The van der Waals surface area contributed by atoms with Crippen LogP contribution in [-0.4, -0.2) is 59.6 Å². The minimum Gasteiger partial charge on any atom is -0.480 e. The van der Waals surface area contributed by atoms with Gasteiger partial charge in [-0.15, -0.1) is 12.3 Å². The number of nitrogens with one attached hydrogen (secondary N) is 2. The zero-order valence-corrected chi connectivity index (χ0v) is 20.3. The van der Waals surface area contributed by atoms with Crippen molar-refractivity contribution < 1.29 is 29.1 Å². The van der Waals surface area contributed by atoms with Gasteiger partial charge in [-0.2, -0.15) is 0 Å². The molecule has 0 aromatic carbocycles. The van der Waals surface area contributed by atoms with Crippen LogP contribution < -0.4 is 22.1 Å². The molecule has 10 nitrogen and oxygen atoms in total. The Kier molecular flexibility index (Phi) is 16.2. The summed E-state index contributed by atoms with van der Waals surface area (Å²) >= 11 is 0. The van der Waals surface area contributed by atoms with Gasteiger partial charge in [-0.3, -0.25) is 14.4 Å². The zero-order chi connectivity index (χ0) is 26.1. The van der Waals surface area contributed by atoms with Crippen LogP contribution in [0.2, 0.25) is 0 Å². The molecule has 0 heterocycles. The van der Waals surface area contributed by atoms with Crippen molar-refractivity contribution in [2.75, 3.05) is 13.1 Å². The molecule has 192 valence electrons. The fourth-order valence-electron chi connectivity index (χ4n) is 3.46. The standard InChI is InChI=1S/C24H40N4O6/c1-4-9-19(27-23(32)18(15-17(3)29)10-5-7-12-25)21(30)14-16(2)22(31)28-20(24(33)34)11-6-8-13-26/h1,16,18-20H,5-15,25-26H2,2-3H3,(H,27,32)(H,28,31)(H,33,34)/t16-,18-,19+,20+/m1/s1. The van der Waals surface area contributed by atoms with Crippen molar-refractivity contribution in [2.24, 2.45) is 23.3 Å². The third kappa shape index (κ3) is 13.1. The Morgan fingerprint density at radius 3 is 1.94 bits per heavy atom. The van der Waals surface area contributed by atoms with Gasteiger partial charge in [-0.1, -0.05) is 13.3 Å². The number of nitrogens with two attached hydrogens (primary N) is 2. The highest BCUT2D eigenvalue weighted by Gasteiger charge is 2.29. The molecule has 0 bridgehead atoms. The Hall–Kier alpha value is -2.77. The van der Waals surface area contributed by atoms with Crippen LogP contribution in [0.5, 0.6) is 0 Å². The third-order valence-electron chi connectivity index (χ3n) is 5.45. The van der Waals surface area contributed by atoms with Crippen LogP contribution in [0.4, 0.5) is 0 Å². The van der Waals surface area contributed by atoms with Gasteiger partial charge in [0.2, 0.25) is 11.8 Å². The van der Waals surface area contributed by atoms with Gasteiger partial charge >= 0.3 is 5.97 Å². The van der Waals surface area contributed by atoms with E-state index in [0.29, 0.717) is 45.2 Å². The van der Waals surface area contributed by atoms with Gasteiger partial charge < -0.3 is 32.0 Å². The second-order valence-electron chi connectivity index (χ2n) is 8.61. The fourth-order valence-corrected chi connectivity index (χ4v) is 3.46. The maximum Gasteiger partial charge on any atom is 0.326 e. The van der Waals surface area contributed by atoms with Gasteiger partial charge in [-0.05, 0) is 52.1 Å². The summed E-state index contributed by atoms with van der Waals surface area (Å²) in [6, 6.07) is -2.07. The van der Waals surface area contributed by atoms with E-state index in [1.807, 2.05) is 0 Å². The van der Waals surface area contributed by atoms with Crippen LogP contribution in [0.3, 0.4) is 0 Å². The van der Waals surface area contributed by atoms with E-state index in [0.717, 1.165) is 0 Å². The van der Waals surface area contributed by atoms with E-state index < -0.39 is 47.5 Å². The smallest absolute Gasteiger partial charge is 0.326 e. The molecule has 10 heteroatoms. The molecule has 0 saturated carbocycles. The maximum absolute atomic E-state index is 12.8. The number of Topliss-reactive ketones (excluding diaryl/α,β-unsaturated/α-hetero) is 2. The molecule has 0 aliphatic carbocycles. The van der Waals surface area contributed by atoms with E-state index in [2.05, 4.69) is 16.6 Å². The van der Waals surface area contributed by atoms with E-state index in [9.17, 15) is 29.1 Å². The minimum absolute atomic E-state index is 0.0485. The number of carboxylic acids is 1. The lowest BCUT2D eigenvalue weighted by Crippen LogP contribution is -2.46. The molecule has 0 fully saturated rings. The molecule has 0 aromatic heterocycles. The zero-order valence-electron chi connectivity index (χ0n) is 20.3. The molecule has 0 aromatic rings. The first kappa shape index (κ1) is 31.2. The van der Waals surface area contributed by atoms with Crippen molar-refractivity contribution in [1.29, 1.82) is 0 Å². The lowest BCUT2D eigenvalue weighted by atomic mass is 9.93. The normalized spacial score (nSPS) is 14.2. The number of terminal acetylenes is 1. The van der Waals surface area contributed by atoms with Gasteiger partial charge in [0.25, 0.3) is 0 Å². The van der Waals surface area contributed by atoms with Crippen molar-refractivity contribution in [2.45, 2.75) is 83.7 Å². The van der Waals surface area contributed by atoms with Gasteiger partial charge in [0.05, 0.1) is 6.04 Å². The molecular formula is C24H40N4O6. The summed E-state index contributed by atoms with van der Waals surface area (Å²) in [5.74, 6) is -1.81. The first-order valence-corrected chi connectivity index (χ1v) is 11.8. The van der Waals surface area contributed by atoms with Gasteiger partial charge in [0.1, 0.15) is 11.8 Å². The third-order valence-corrected chi connectivity index (χ3v) is 5.45. The summed E-state index contributed by atoms with van der Waals surface area (Å²) in [6.45, 7) is 3.80. The van der Waals surface area contributed by atoms with Crippen molar-refractivity contribution in [3.8, 4) is 12.3 Å². The van der Waals surface area contributed by atoms with Crippen LogP contribution >= 0.6 is 0 Å². The van der Waals surface area contributed by atoms with E-state index in [-0.39, 0.29) is 31.5 Å². The van der Waals surface area contributed by atoms with Crippen LogP contribution in [0.15, 0.2) is 0 Å². The van der Waals surface area contributed by atoms with Crippen molar-refractivity contribution in [3.63, 3.8) is 0 Å². The Bertz CT molecular complexity index is 733. The van der Waals surface area contributed by atoms with E-state index in [4.69, 9.17) is 17.9 Å². The highest BCUT2D eigenvalue weighted by molar-refractivity contribution is 5.94. The monoisotopic (exact) mass is 480 g/mol. The number of aliphatic carboxylic acids is 1. The highest BCUT2D eigenvalue weighted by atomic mass is 16.4. The summed E-state index contributed by atoms with van der Waals surface area (Å²) in [6.07, 6.45) is 8.39. The molecule has 0 unspecified atom stereocenters. The molecule has 2 amide bonds. The van der Waals surface area contributed by atoms with Crippen molar-refractivity contribution in [1.82, 2.24) is 10.6 Å². The van der Waals surface area contributed by atoms with Gasteiger partial charge in [-0.25, -0.2) is 4.79 Å². The molecule has 0 saturated heterocycles. The van der Waals surface area contributed by atoms with Crippen LogP contribution in [0.1, 0.15) is 71.6 Å². The number of carbonyl (C=O) groups excluding carboxylic acids is 4. The molecule has 0 rings (SSSR count). The minimum atomic E-state index is -1.16. The Morgan fingerprint density at radius 1 is 0.882 bits per heavy atom. The SMILES string of the molecule is C#CC[C@H](NC(=O)[C@H](CCCCN)CC(C)=O)C(=O)C[C@@H](C)C(=O)N[C@@H](CCCCN)C(=O)O. The summed E-state index contributed by atoms with van der Waals surface area (Å²) < 4.78 is 0. The maximum atomic E-state index is 12.8. The summed E-state index contributed by atoms with van der Waals surface area (Å²) in [7, 11) is 0. The average Bonchev–Trinajstić information content (AvgIpc) is 2.76. The molecule has 0 spiro atoms. The number of hydrogen-bond acceptors (Lipinski definition) is 7. The predicted molar refractivity (Wildman–Crippen MR) is 128 cm³/mol. The van der Waals surface area contributed by atoms with Gasteiger partial charge in [0, 0.05) is 31.1 Å². The van der Waals surface area contributed by atoms with Gasteiger partial charge in [0.15, 0.2) is 5.78 Å². The van der Waals surface area contributed by atoms with E-state index >= 15 is 0 Å². The predicted octanol–water partition coefficient (Wildman–Crippen LogP) is 0.513. The van der Waals surface area contributed by atoms with Crippen molar-refractivity contribution >= 4 is 29.4 Å². The molecular weight excluding hydrogens is 440 g/mol. The molecule has 0 aliphatic rings. The number of rotatable bonds is 19.